The van der Waals surface area contributed by atoms with E-state index in [4.69, 9.17) is 0 Å². The predicted octanol–water partition coefficient (Wildman–Crippen LogP) is 1.24. The van der Waals surface area contributed by atoms with Crippen LogP contribution in [-0.4, -0.2) is 32.8 Å². The van der Waals surface area contributed by atoms with Crippen molar-refractivity contribution < 1.29 is 0 Å². The zero-order valence-corrected chi connectivity index (χ0v) is 13.8. The number of aryl methyl sites for hydroxylation is 2. The predicted molar refractivity (Wildman–Crippen MR) is 86.8 cm³/mol. The number of fused-ring (bicyclic) bond motifs is 1. The van der Waals surface area contributed by atoms with Gasteiger partial charge in [-0.1, -0.05) is 0 Å². The highest BCUT2D eigenvalue weighted by atomic mass is 32.1. The number of thiazole rings is 1. The number of nitrogens with one attached hydrogen (secondary N) is 2. The standard InChI is InChI=1S/C14H21N7S/c1-10-7-16-13(22-10)9-18-14(15-2)17-8-12-20-19-11-5-3-4-6-21(11)12/h7H,3-6,8-9H2,1-2H3,(H2,15,17,18). The van der Waals surface area contributed by atoms with Gasteiger partial charge < -0.3 is 15.2 Å². The molecule has 22 heavy (non-hydrogen) atoms. The molecule has 0 amide bonds. The quantitative estimate of drug-likeness (QED) is 0.655. The van der Waals surface area contributed by atoms with Crippen LogP contribution in [0.25, 0.3) is 0 Å². The van der Waals surface area contributed by atoms with Crippen molar-refractivity contribution in [2.75, 3.05) is 7.05 Å². The van der Waals surface area contributed by atoms with E-state index in [0.29, 0.717) is 13.1 Å². The monoisotopic (exact) mass is 319 g/mol. The Kier molecular flexibility index (Phi) is 4.67. The van der Waals surface area contributed by atoms with Crippen molar-refractivity contribution >= 4 is 17.3 Å². The summed E-state index contributed by atoms with van der Waals surface area (Å²) >= 11 is 1.69. The molecular weight excluding hydrogens is 298 g/mol. The molecule has 0 spiro atoms. The fourth-order valence-electron chi connectivity index (χ4n) is 2.53. The summed E-state index contributed by atoms with van der Waals surface area (Å²) in [4.78, 5) is 9.79. The van der Waals surface area contributed by atoms with E-state index in [2.05, 4.69) is 42.3 Å². The molecule has 3 rings (SSSR count). The zero-order valence-electron chi connectivity index (χ0n) is 13.0. The molecular formula is C14H21N7S. The molecule has 0 atom stereocenters. The van der Waals surface area contributed by atoms with Gasteiger partial charge in [0.2, 0.25) is 0 Å². The first-order chi connectivity index (χ1) is 10.8. The Morgan fingerprint density at radius 3 is 2.95 bits per heavy atom. The molecule has 0 bridgehead atoms. The van der Waals surface area contributed by atoms with E-state index in [1.165, 1.54) is 17.7 Å². The summed E-state index contributed by atoms with van der Waals surface area (Å²) < 4.78 is 2.22. The molecule has 0 radical (unpaired) electrons. The van der Waals surface area contributed by atoms with Gasteiger partial charge in [0.05, 0.1) is 13.1 Å². The molecule has 0 fully saturated rings. The molecule has 0 saturated carbocycles. The Bertz CT molecular complexity index is 658. The molecule has 2 aromatic rings. The minimum atomic E-state index is 0.629. The molecule has 0 aromatic carbocycles. The maximum absolute atomic E-state index is 4.34. The lowest BCUT2D eigenvalue weighted by atomic mass is 10.2. The summed E-state index contributed by atoms with van der Waals surface area (Å²) in [7, 11) is 1.77. The molecule has 3 heterocycles. The normalized spacial score (nSPS) is 14.7. The first-order valence-corrected chi connectivity index (χ1v) is 8.34. The third-order valence-electron chi connectivity index (χ3n) is 3.65. The van der Waals surface area contributed by atoms with E-state index in [9.17, 15) is 0 Å². The maximum atomic E-state index is 4.34. The summed E-state index contributed by atoms with van der Waals surface area (Å²) in [5, 5.41) is 16.2. The summed E-state index contributed by atoms with van der Waals surface area (Å²) in [6, 6.07) is 0. The molecule has 8 heteroatoms. The van der Waals surface area contributed by atoms with Crippen molar-refractivity contribution in [1.29, 1.82) is 0 Å². The lowest BCUT2D eigenvalue weighted by molar-refractivity contribution is 0.504. The Morgan fingerprint density at radius 2 is 2.18 bits per heavy atom. The fraction of sp³-hybridized carbons (Fsp3) is 0.571. The number of hydrogen-bond donors (Lipinski definition) is 2. The van der Waals surface area contributed by atoms with Gasteiger partial charge >= 0.3 is 0 Å². The van der Waals surface area contributed by atoms with E-state index in [1.807, 2.05) is 6.20 Å². The van der Waals surface area contributed by atoms with E-state index >= 15 is 0 Å². The molecule has 1 aliphatic heterocycles. The largest absolute Gasteiger partial charge is 0.350 e. The molecule has 0 unspecified atom stereocenters. The zero-order chi connectivity index (χ0) is 15.4. The van der Waals surface area contributed by atoms with Crippen LogP contribution in [0.1, 0.15) is 34.4 Å². The Hall–Kier alpha value is -1.96. The van der Waals surface area contributed by atoms with Crippen molar-refractivity contribution in [3.63, 3.8) is 0 Å². The first-order valence-electron chi connectivity index (χ1n) is 7.53. The minimum absolute atomic E-state index is 0.629. The van der Waals surface area contributed by atoms with Gasteiger partial charge in [-0.15, -0.1) is 21.5 Å². The second-order valence-corrected chi connectivity index (χ2v) is 6.60. The van der Waals surface area contributed by atoms with Crippen LogP contribution in [0.15, 0.2) is 11.2 Å². The van der Waals surface area contributed by atoms with Gasteiger partial charge in [0.15, 0.2) is 11.8 Å². The summed E-state index contributed by atoms with van der Waals surface area (Å²) in [5.74, 6) is 2.83. The van der Waals surface area contributed by atoms with E-state index < -0.39 is 0 Å². The topological polar surface area (TPSA) is 80.0 Å². The maximum Gasteiger partial charge on any atom is 0.191 e. The summed E-state index contributed by atoms with van der Waals surface area (Å²) in [5.41, 5.74) is 0. The van der Waals surface area contributed by atoms with Gasteiger partial charge in [0, 0.05) is 31.1 Å². The van der Waals surface area contributed by atoms with Gasteiger partial charge in [0.25, 0.3) is 0 Å². The highest BCUT2D eigenvalue weighted by Crippen LogP contribution is 2.14. The van der Waals surface area contributed by atoms with E-state index in [0.717, 1.165) is 35.6 Å². The minimum Gasteiger partial charge on any atom is -0.350 e. The third kappa shape index (κ3) is 3.44. The molecule has 118 valence electrons. The van der Waals surface area contributed by atoms with Crippen LogP contribution in [0, 0.1) is 6.92 Å². The van der Waals surface area contributed by atoms with Gasteiger partial charge in [-0.25, -0.2) is 4.98 Å². The van der Waals surface area contributed by atoms with Crippen molar-refractivity contribution in [3.05, 3.63) is 27.7 Å². The summed E-state index contributed by atoms with van der Waals surface area (Å²) in [6.45, 7) is 4.38. The van der Waals surface area contributed by atoms with Crippen LogP contribution in [0.3, 0.4) is 0 Å². The van der Waals surface area contributed by atoms with Crippen LogP contribution in [-0.2, 0) is 26.1 Å². The average Bonchev–Trinajstić information content (AvgIpc) is 3.14. The van der Waals surface area contributed by atoms with E-state index in [-0.39, 0.29) is 0 Å². The van der Waals surface area contributed by atoms with Crippen molar-refractivity contribution in [3.8, 4) is 0 Å². The van der Waals surface area contributed by atoms with Gasteiger partial charge in [-0.3, -0.25) is 4.99 Å². The first kappa shape index (κ1) is 15.0. The number of nitrogens with zero attached hydrogens (tertiary/aromatic N) is 5. The number of guanidine groups is 1. The smallest absolute Gasteiger partial charge is 0.191 e. The molecule has 2 N–H and O–H groups in total. The van der Waals surface area contributed by atoms with Gasteiger partial charge in [-0.05, 0) is 19.8 Å². The molecule has 0 aliphatic carbocycles. The van der Waals surface area contributed by atoms with Crippen molar-refractivity contribution in [2.24, 2.45) is 4.99 Å². The molecule has 2 aromatic heterocycles. The molecule has 0 saturated heterocycles. The van der Waals surface area contributed by atoms with Crippen LogP contribution in [0.4, 0.5) is 0 Å². The Balaban J connectivity index is 1.54. The highest BCUT2D eigenvalue weighted by Gasteiger charge is 2.15. The highest BCUT2D eigenvalue weighted by molar-refractivity contribution is 7.11. The molecule has 7 nitrogen and oxygen atoms in total. The number of aliphatic imine (C=N–C) groups is 1. The van der Waals surface area contributed by atoms with Crippen molar-refractivity contribution in [1.82, 2.24) is 30.4 Å². The summed E-state index contributed by atoms with van der Waals surface area (Å²) in [6.07, 6.45) is 5.33. The van der Waals surface area contributed by atoms with Gasteiger partial charge in [-0.2, -0.15) is 0 Å². The number of rotatable bonds is 4. The number of hydrogen-bond acceptors (Lipinski definition) is 5. The lowest BCUT2D eigenvalue weighted by Crippen LogP contribution is -2.37. The molecule has 1 aliphatic rings. The Morgan fingerprint density at radius 1 is 1.32 bits per heavy atom. The van der Waals surface area contributed by atoms with Crippen LogP contribution in [0.5, 0.6) is 0 Å². The SMILES string of the molecule is CN=C(NCc1ncc(C)s1)NCc1nnc2n1CCCC2. The van der Waals surface area contributed by atoms with Crippen molar-refractivity contribution in [2.45, 2.75) is 45.8 Å². The number of aromatic nitrogens is 4. The lowest BCUT2D eigenvalue weighted by Gasteiger charge is -2.15. The van der Waals surface area contributed by atoms with Crippen LogP contribution < -0.4 is 10.6 Å². The third-order valence-corrected chi connectivity index (χ3v) is 4.56. The van der Waals surface area contributed by atoms with Crippen LogP contribution >= 0.6 is 11.3 Å². The van der Waals surface area contributed by atoms with Gasteiger partial charge in [0.1, 0.15) is 10.8 Å². The fourth-order valence-corrected chi connectivity index (χ4v) is 3.25. The van der Waals surface area contributed by atoms with E-state index in [1.54, 1.807) is 18.4 Å². The average molecular weight is 319 g/mol. The Labute approximate surface area is 133 Å². The second-order valence-electron chi connectivity index (χ2n) is 5.29. The van der Waals surface area contributed by atoms with Crippen LogP contribution in [0.2, 0.25) is 0 Å². The second kappa shape index (κ2) is 6.87.